The van der Waals surface area contributed by atoms with Crippen molar-refractivity contribution in [2.24, 2.45) is 0 Å². The van der Waals surface area contributed by atoms with Gasteiger partial charge in [-0.05, 0) is 37.1 Å². The lowest BCUT2D eigenvalue weighted by Crippen LogP contribution is -2.44. The van der Waals surface area contributed by atoms with Crippen LogP contribution >= 0.6 is 0 Å². The van der Waals surface area contributed by atoms with Gasteiger partial charge in [0.25, 0.3) is 0 Å². The number of nitrogens with zero attached hydrogens (tertiary/aromatic N) is 1. The molecule has 0 radical (unpaired) electrons. The SMILES string of the molecule is O=C(CN(Cc1ccco1)S(=O)(=O)c1ccccc1)NC1CCCCC1. The Hall–Kier alpha value is -2.12. The van der Waals surface area contributed by atoms with E-state index in [9.17, 15) is 13.2 Å². The molecule has 3 rings (SSSR count). The lowest BCUT2D eigenvalue weighted by Gasteiger charge is -2.25. The monoisotopic (exact) mass is 376 g/mol. The minimum Gasteiger partial charge on any atom is -0.468 e. The van der Waals surface area contributed by atoms with Crippen LogP contribution in [0, 0.1) is 0 Å². The predicted molar refractivity (Wildman–Crippen MR) is 97.8 cm³/mol. The molecule has 1 N–H and O–H groups in total. The van der Waals surface area contributed by atoms with Gasteiger partial charge in [-0.1, -0.05) is 37.5 Å². The summed E-state index contributed by atoms with van der Waals surface area (Å²) >= 11 is 0. The van der Waals surface area contributed by atoms with Crippen molar-refractivity contribution < 1.29 is 17.6 Å². The Morgan fingerprint density at radius 3 is 2.46 bits per heavy atom. The number of rotatable bonds is 7. The molecule has 1 aliphatic carbocycles. The average molecular weight is 376 g/mol. The number of hydrogen-bond donors (Lipinski definition) is 1. The summed E-state index contributed by atoms with van der Waals surface area (Å²) < 4.78 is 32.4. The van der Waals surface area contributed by atoms with Crippen molar-refractivity contribution in [3.8, 4) is 0 Å². The van der Waals surface area contributed by atoms with Crippen LogP contribution in [0.5, 0.6) is 0 Å². The molecular weight excluding hydrogens is 352 g/mol. The van der Waals surface area contributed by atoms with Crippen LogP contribution in [0.4, 0.5) is 0 Å². The summed E-state index contributed by atoms with van der Waals surface area (Å²) in [5, 5.41) is 2.98. The fraction of sp³-hybridized carbons (Fsp3) is 0.421. The summed E-state index contributed by atoms with van der Waals surface area (Å²) in [5.74, 6) is 0.220. The number of amides is 1. The maximum absolute atomic E-state index is 13.0. The van der Waals surface area contributed by atoms with Crippen LogP contribution < -0.4 is 5.32 Å². The first-order chi connectivity index (χ1) is 12.6. The van der Waals surface area contributed by atoms with Gasteiger partial charge >= 0.3 is 0 Å². The lowest BCUT2D eigenvalue weighted by atomic mass is 9.95. The first-order valence-corrected chi connectivity index (χ1v) is 10.4. The van der Waals surface area contributed by atoms with Gasteiger partial charge in [0.05, 0.1) is 24.2 Å². The summed E-state index contributed by atoms with van der Waals surface area (Å²) in [6.07, 6.45) is 6.79. The van der Waals surface area contributed by atoms with Gasteiger partial charge in [-0.2, -0.15) is 4.31 Å². The van der Waals surface area contributed by atoms with Crippen molar-refractivity contribution in [1.82, 2.24) is 9.62 Å². The van der Waals surface area contributed by atoms with Crippen molar-refractivity contribution in [3.05, 3.63) is 54.5 Å². The van der Waals surface area contributed by atoms with Crippen LogP contribution in [0.2, 0.25) is 0 Å². The van der Waals surface area contributed by atoms with Gasteiger partial charge in [-0.25, -0.2) is 8.42 Å². The smallest absolute Gasteiger partial charge is 0.243 e. The van der Waals surface area contributed by atoms with Crippen LogP contribution in [-0.4, -0.2) is 31.2 Å². The second kappa shape index (κ2) is 8.51. The fourth-order valence-corrected chi connectivity index (χ4v) is 4.61. The summed E-state index contributed by atoms with van der Waals surface area (Å²) in [5.41, 5.74) is 0. The van der Waals surface area contributed by atoms with Gasteiger partial charge in [-0.3, -0.25) is 4.79 Å². The van der Waals surface area contributed by atoms with Crippen LogP contribution in [0.3, 0.4) is 0 Å². The van der Waals surface area contributed by atoms with E-state index >= 15 is 0 Å². The largest absolute Gasteiger partial charge is 0.468 e. The predicted octanol–water partition coefficient (Wildman–Crippen LogP) is 2.92. The van der Waals surface area contributed by atoms with Gasteiger partial charge in [-0.15, -0.1) is 0 Å². The minimum atomic E-state index is -3.80. The molecule has 0 saturated heterocycles. The third-order valence-corrected chi connectivity index (χ3v) is 6.39. The van der Waals surface area contributed by atoms with Crippen LogP contribution in [0.1, 0.15) is 37.9 Å². The molecule has 140 valence electrons. The molecule has 0 spiro atoms. The molecule has 1 saturated carbocycles. The Morgan fingerprint density at radius 1 is 1.08 bits per heavy atom. The first kappa shape index (κ1) is 18.7. The molecule has 1 amide bonds. The number of furan rings is 1. The fourth-order valence-electron chi connectivity index (χ4n) is 3.22. The summed E-state index contributed by atoms with van der Waals surface area (Å²) in [4.78, 5) is 12.6. The van der Waals surface area contributed by atoms with E-state index in [0.29, 0.717) is 5.76 Å². The second-order valence-corrected chi connectivity index (χ2v) is 8.51. The van der Waals surface area contributed by atoms with Crippen molar-refractivity contribution in [2.75, 3.05) is 6.54 Å². The van der Waals surface area contributed by atoms with E-state index in [1.807, 2.05) is 0 Å². The highest BCUT2D eigenvalue weighted by molar-refractivity contribution is 7.89. The Bertz CT molecular complexity index is 797. The molecule has 26 heavy (non-hydrogen) atoms. The van der Waals surface area contributed by atoms with E-state index in [4.69, 9.17) is 4.42 Å². The third-order valence-electron chi connectivity index (χ3n) is 4.58. The van der Waals surface area contributed by atoms with Crippen LogP contribution in [0.15, 0.2) is 58.0 Å². The zero-order valence-corrected chi connectivity index (χ0v) is 15.5. The van der Waals surface area contributed by atoms with E-state index < -0.39 is 10.0 Å². The van der Waals surface area contributed by atoms with Crippen molar-refractivity contribution in [2.45, 2.75) is 49.6 Å². The molecule has 0 bridgehead atoms. The summed E-state index contributed by atoms with van der Waals surface area (Å²) in [7, 11) is -3.80. The van der Waals surface area contributed by atoms with Crippen molar-refractivity contribution in [1.29, 1.82) is 0 Å². The highest BCUT2D eigenvalue weighted by Gasteiger charge is 2.28. The zero-order chi connectivity index (χ0) is 18.4. The van der Waals surface area contributed by atoms with Gasteiger partial charge in [0.2, 0.25) is 15.9 Å². The molecule has 0 aliphatic heterocycles. The normalized spacial score (nSPS) is 15.9. The maximum atomic E-state index is 13.0. The number of sulfonamides is 1. The molecule has 2 aromatic rings. The topological polar surface area (TPSA) is 79.6 Å². The first-order valence-electron chi connectivity index (χ1n) is 8.92. The lowest BCUT2D eigenvalue weighted by molar-refractivity contribution is -0.122. The van der Waals surface area contributed by atoms with E-state index in [2.05, 4.69) is 5.32 Å². The highest BCUT2D eigenvalue weighted by atomic mass is 32.2. The van der Waals surface area contributed by atoms with Gasteiger partial charge in [0, 0.05) is 6.04 Å². The molecule has 1 aromatic heterocycles. The van der Waals surface area contributed by atoms with E-state index in [1.165, 1.54) is 29.1 Å². The molecule has 1 heterocycles. The Kier molecular flexibility index (Phi) is 6.11. The average Bonchev–Trinajstić information content (AvgIpc) is 3.16. The molecule has 0 unspecified atom stereocenters. The number of benzene rings is 1. The van der Waals surface area contributed by atoms with Crippen LogP contribution in [-0.2, 0) is 21.4 Å². The van der Waals surface area contributed by atoms with Gasteiger partial charge in [0.1, 0.15) is 5.76 Å². The van der Waals surface area contributed by atoms with Crippen LogP contribution in [0.25, 0.3) is 0 Å². The molecule has 0 atom stereocenters. The van der Waals surface area contributed by atoms with Gasteiger partial charge < -0.3 is 9.73 Å². The molecule has 1 aromatic carbocycles. The number of hydrogen-bond acceptors (Lipinski definition) is 4. The standard InChI is InChI=1S/C19H24N2O4S/c22-19(20-16-8-3-1-4-9-16)15-21(14-17-10-7-13-25-17)26(23,24)18-11-5-2-6-12-18/h2,5-7,10-13,16H,1,3-4,8-9,14-15H2,(H,20,22). The minimum absolute atomic E-state index is 0.0162. The summed E-state index contributed by atoms with van der Waals surface area (Å²) in [6, 6.07) is 11.7. The Morgan fingerprint density at radius 2 is 1.81 bits per heavy atom. The number of carbonyl (C=O) groups excluding carboxylic acids is 1. The maximum Gasteiger partial charge on any atom is 0.243 e. The zero-order valence-electron chi connectivity index (χ0n) is 14.6. The molecule has 7 heteroatoms. The number of carbonyl (C=O) groups is 1. The summed E-state index contributed by atoms with van der Waals surface area (Å²) in [6.45, 7) is -0.212. The molecule has 1 aliphatic rings. The van der Waals surface area contributed by atoms with E-state index in [0.717, 1.165) is 25.7 Å². The Balaban J connectivity index is 1.75. The highest BCUT2D eigenvalue weighted by Crippen LogP contribution is 2.20. The van der Waals surface area contributed by atoms with Crippen molar-refractivity contribution in [3.63, 3.8) is 0 Å². The molecular formula is C19H24N2O4S. The quantitative estimate of drug-likeness (QED) is 0.806. The molecule has 6 nitrogen and oxygen atoms in total. The van der Waals surface area contributed by atoms with Gasteiger partial charge in [0.15, 0.2) is 0 Å². The Labute approximate surface area is 154 Å². The second-order valence-electron chi connectivity index (χ2n) is 6.57. The number of nitrogens with one attached hydrogen (secondary N) is 1. The van der Waals surface area contributed by atoms with E-state index in [1.54, 1.807) is 30.3 Å². The van der Waals surface area contributed by atoms with E-state index in [-0.39, 0.29) is 29.9 Å². The third kappa shape index (κ3) is 4.74. The molecule has 1 fully saturated rings. The van der Waals surface area contributed by atoms with Crippen molar-refractivity contribution >= 4 is 15.9 Å².